The second kappa shape index (κ2) is 7.09. The second-order valence-electron chi connectivity index (χ2n) is 5.25. The van der Waals surface area contributed by atoms with Crippen LogP contribution in [0.15, 0.2) is 22.7 Å². The molecule has 0 aromatic heterocycles. The predicted molar refractivity (Wildman–Crippen MR) is 80.8 cm³/mol. The van der Waals surface area contributed by atoms with E-state index >= 15 is 0 Å². The minimum Gasteiger partial charge on any atom is -0.483 e. The molecule has 1 aliphatic carbocycles. The first kappa shape index (κ1) is 15.3. The lowest BCUT2D eigenvalue weighted by Gasteiger charge is -2.28. The highest BCUT2D eigenvalue weighted by Gasteiger charge is 2.24. The summed E-state index contributed by atoms with van der Waals surface area (Å²) in [5.41, 5.74) is 1.12. The van der Waals surface area contributed by atoms with Gasteiger partial charge >= 0.3 is 0 Å². The molecule has 1 saturated carbocycles. The number of benzene rings is 1. The monoisotopic (exact) mass is 341 g/mol. The first-order valence-corrected chi connectivity index (χ1v) is 7.72. The van der Waals surface area contributed by atoms with Crippen LogP contribution < -0.4 is 10.1 Å². The van der Waals surface area contributed by atoms with Gasteiger partial charge in [0.1, 0.15) is 5.75 Å². The van der Waals surface area contributed by atoms with Crippen LogP contribution in [-0.4, -0.2) is 29.8 Å². The summed E-state index contributed by atoms with van der Waals surface area (Å²) >= 11 is 3.41. The third-order valence-electron chi connectivity index (χ3n) is 3.52. The van der Waals surface area contributed by atoms with Crippen LogP contribution in [0.1, 0.15) is 31.2 Å². The van der Waals surface area contributed by atoms with Crippen molar-refractivity contribution in [3.05, 3.63) is 28.2 Å². The maximum atomic E-state index is 11.8. The van der Waals surface area contributed by atoms with Crippen molar-refractivity contribution in [2.75, 3.05) is 6.61 Å². The molecule has 1 aliphatic rings. The van der Waals surface area contributed by atoms with E-state index < -0.39 is 6.10 Å². The van der Waals surface area contributed by atoms with E-state index in [1.165, 1.54) is 0 Å². The zero-order valence-electron chi connectivity index (χ0n) is 11.6. The first-order chi connectivity index (χ1) is 9.56. The molecule has 2 rings (SSSR count). The average Bonchev–Trinajstić information content (AvgIpc) is 2.40. The number of amides is 1. The average molecular weight is 342 g/mol. The molecule has 0 radical (unpaired) electrons. The number of halogens is 1. The molecule has 1 aromatic rings. The van der Waals surface area contributed by atoms with Crippen molar-refractivity contribution in [3.63, 3.8) is 0 Å². The van der Waals surface area contributed by atoms with Crippen molar-refractivity contribution in [2.45, 2.75) is 44.8 Å². The Kier molecular flexibility index (Phi) is 5.43. The van der Waals surface area contributed by atoms with Gasteiger partial charge in [-0.2, -0.15) is 0 Å². The van der Waals surface area contributed by atoms with Crippen molar-refractivity contribution < 1.29 is 14.6 Å². The summed E-state index contributed by atoms with van der Waals surface area (Å²) in [7, 11) is 0. The molecular formula is C15H20BrNO3. The van der Waals surface area contributed by atoms with Gasteiger partial charge in [0, 0.05) is 0 Å². The first-order valence-electron chi connectivity index (χ1n) is 6.92. The van der Waals surface area contributed by atoms with Crippen molar-refractivity contribution in [1.82, 2.24) is 5.32 Å². The van der Waals surface area contributed by atoms with Gasteiger partial charge in [0.15, 0.2) is 6.61 Å². The van der Waals surface area contributed by atoms with Crippen molar-refractivity contribution in [3.8, 4) is 5.75 Å². The highest BCUT2D eigenvalue weighted by molar-refractivity contribution is 9.10. The van der Waals surface area contributed by atoms with Gasteiger partial charge in [-0.05, 0) is 53.4 Å². The number of ether oxygens (including phenoxy) is 1. The molecule has 1 aromatic carbocycles. The molecule has 0 saturated heterocycles. The third kappa shape index (κ3) is 4.21. The summed E-state index contributed by atoms with van der Waals surface area (Å²) < 4.78 is 6.33. The number of aliphatic hydroxyl groups is 1. The van der Waals surface area contributed by atoms with Gasteiger partial charge in [-0.25, -0.2) is 0 Å². The minimum absolute atomic E-state index is 0.0368. The molecule has 0 bridgehead atoms. The Hall–Kier alpha value is -1.07. The number of nitrogens with one attached hydrogen (secondary N) is 1. The molecule has 0 heterocycles. The molecule has 0 spiro atoms. The highest BCUT2D eigenvalue weighted by atomic mass is 79.9. The zero-order chi connectivity index (χ0) is 14.5. The topological polar surface area (TPSA) is 58.6 Å². The number of carbonyl (C=O) groups is 1. The van der Waals surface area contributed by atoms with Gasteiger partial charge in [-0.1, -0.05) is 18.9 Å². The van der Waals surface area contributed by atoms with Crippen molar-refractivity contribution in [2.24, 2.45) is 0 Å². The molecule has 4 nitrogen and oxygen atoms in total. The molecule has 110 valence electrons. The summed E-state index contributed by atoms with van der Waals surface area (Å²) in [5.74, 6) is 0.457. The Morgan fingerprint density at radius 2 is 2.20 bits per heavy atom. The standard InChI is InChI=1S/C15H20BrNO3/c1-10-6-7-14(11(16)8-10)20-9-15(19)17-12-4-2-3-5-13(12)18/h6-8,12-13,18H,2-5,9H2,1H3,(H,17,19)/t12-,13-/m1/s1. The summed E-state index contributed by atoms with van der Waals surface area (Å²) in [6.07, 6.45) is 3.24. The van der Waals surface area contributed by atoms with Crippen LogP contribution in [0.25, 0.3) is 0 Å². The van der Waals surface area contributed by atoms with E-state index in [9.17, 15) is 9.90 Å². The van der Waals surface area contributed by atoms with Crippen LogP contribution >= 0.6 is 15.9 Å². The number of aryl methyl sites for hydroxylation is 1. The van der Waals surface area contributed by atoms with Crippen LogP contribution in [0.3, 0.4) is 0 Å². The lowest BCUT2D eigenvalue weighted by atomic mass is 9.92. The minimum atomic E-state index is -0.432. The molecule has 20 heavy (non-hydrogen) atoms. The van der Waals surface area contributed by atoms with Crippen molar-refractivity contribution >= 4 is 21.8 Å². The SMILES string of the molecule is Cc1ccc(OCC(=O)N[C@@H]2CCCC[C@H]2O)c(Br)c1. The fraction of sp³-hybridized carbons (Fsp3) is 0.533. The quantitative estimate of drug-likeness (QED) is 0.884. The van der Waals surface area contributed by atoms with E-state index in [0.29, 0.717) is 5.75 Å². The largest absolute Gasteiger partial charge is 0.483 e. The lowest BCUT2D eigenvalue weighted by molar-refractivity contribution is -0.125. The van der Waals surface area contributed by atoms with E-state index in [-0.39, 0.29) is 18.6 Å². The molecule has 2 atom stereocenters. The number of carbonyl (C=O) groups excluding carboxylic acids is 1. The van der Waals surface area contributed by atoms with Gasteiger partial charge in [0.2, 0.25) is 0 Å². The normalized spacial score (nSPS) is 22.4. The predicted octanol–water partition coefficient (Wildman–Crippen LogP) is 2.56. The summed E-state index contributed by atoms with van der Waals surface area (Å²) in [5, 5.41) is 12.7. The fourth-order valence-corrected chi connectivity index (χ4v) is 3.00. The lowest BCUT2D eigenvalue weighted by Crippen LogP contribution is -2.46. The molecule has 2 N–H and O–H groups in total. The smallest absolute Gasteiger partial charge is 0.258 e. The van der Waals surface area contributed by atoms with Gasteiger partial charge in [-0.3, -0.25) is 4.79 Å². The molecule has 0 aliphatic heterocycles. The number of hydrogen-bond acceptors (Lipinski definition) is 3. The van der Waals surface area contributed by atoms with Crippen LogP contribution in [0.2, 0.25) is 0 Å². The second-order valence-corrected chi connectivity index (χ2v) is 6.10. The highest BCUT2D eigenvalue weighted by Crippen LogP contribution is 2.25. The van der Waals surface area contributed by atoms with E-state index in [2.05, 4.69) is 21.2 Å². The van der Waals surface area contributed by atoms with E-state index in [1.54, 1.807) is 0 Å². The number of rotatable bonds is 4. The van der Waals surface area contributed by atoms with E-state index in [1.807, 2.05) is 25.1 Å². The van der Waals surface area contributed by atoms with Crippen LogP contribution in [-0.2, 0) is 4.79 Å². The maximum Gasteiger partial charge on any atom is 0.258 e. The Bertz CT molecular complexity index is 478. The van der Waals surface area contributed by atoms with E-state index in [4.69, 9.17) is 4.74 Å². The molecule has 1 fully saturated rings. The molecule has 1 amide bonds. The maximum absolute atomic E-state index is 11.8. The Labute approximate surface area is 127 Å². The van der Waals surface area contributed by atoms with Crippen molar-refractivity contribution in [1.29, 1.82) is 0 Å². The van der Waals surface area contributed by atoms with Gasteiger partial charge < -0.3 is 15.2 Å². The molecule has 0 unspecified atom stereocenters. The van der Waals surface area contributed by atoms with Crippen LogP contribution in [0, 0.1) is 6.92 Å². The Morgan fingerprint density at radius 3 is 2.90 bits per heavy atom. The Morgan fingerprint density at radius 1 is 1.45 bits per heavy atom. The number of aliphatic hydroxyl groups excluding tert-OH is 1. The number of hydrogen-bond donors (Lipinski definition) is 2. The van der Waals surface area contributed by atoms with Gasteiger partial charge in [0.05, 0.1) is 16.6 Å². The van der Waals surface area contributed by atoms with Gasteiger partial charge in [-0.15, -0.1) is 0 Å². The van der Waals surface area contributed by atoms with Gasteiger partial charge in [0.25, 0.3) is 5.91 Å². The summed E-state index contributed by atoms with van der Waals surface area (Å²) in [6.45, 7) is 1.95. The zero-order valence-corrected chi connectivity index (χ0v) is 13.1. The van der Waals surface area contributed by atoms with Crippen LogP contribution in [0.5, 0.6) is 5.75 Å². The molecular weight excluding hydrogens is 322 g/mol. The Balaban J connectivity index is 1.82. The van der Waals surface area contributed by atoms with Crippen LogP contribution in [0.4, 0.5) is 0 Å². The fourth-order valence-electron chi connectivity index (χ4n) is 2.39. The summed E-state index contributed by atoms with van der Waals surface area (Å²) in [4.78, 5) is 11.8. The third-order valence-corrected chi connectivity index (χ3v) is 4.14. The molecule has 5 heteroatoms. The van der Waals surface area contributed by atoms with E-state index in [0.717, 1.165) is 35.7 Å². The summed E-state index contributed by atoms with van der Waals surface area (Å²) in [6, 6.07) is 5.57.